The Morgan fingerprint density at radius 1 is 1.10 bits per heavy atom. The number of nitrogens with one attached hydrogen (secondary N) is 1. The average Bonchev–Trinajstić information content (AvgIpc) is 2.62. The summed E-state index contributed by atoms with van der Waals surface area (Å²) >= 11 is 0. The number of methoxy groups -OCH3 is 1. The van der Waals surface area contributed by atoms with Crippen molar-refractivity contribution in [2.24, 2.45) is 0 Å². The molecular formula is C17H18N2O2. The third-order valence-corrected chi connectivity index (χ3v) is 3.90. The number of hydrogen-bond donors (Lipinski definition) is 1. The summed E-state index contributed by atoms with van der Waals surface area (Å²) in [7, 11) is 5.33. The van der Waals surface area contributed by atoms with E-state index >= 15 is 0 Å². The summed E-state index contributed by atoms with van der Waals surface area (Å²) in [6, 6.07) is 11.9. The minimum atomic E-state index is 0.0195. The fourth-order valence-corrected chi connectivity index (χ4v) is 2.74. The molecule has 1 aliphatic heterocycles. The molecule has 4 nitrogen and oxygen atoms in total. The van der Waals surface area contributed by atoms with Gasteiger partial charge in [0, 0.05) is 26.3 Å². The molecule has 0 aromatic heterocycles. The van der Waals surface area contributed by atoms with Gasteiger partial charge in [0.2, 0.25) is 0 Å². The van der Waals surface area contributed by atoms with Gasteiger partial charge in [0.15, 0.2) is 0 Å². The highest BCUT2D eigenvalue weighted by Crippen LogP contribution is 2.35. The zero-order valence-electron chi connectivity index (χ0n) is 12.4. The normalized spacial score (nSPS) is 13.3. The van der Waals surface area contributed by atoms with E-state index in [1.54, 1.807) is 12.0 Å². The molecule has 2 aromatic rings. The highest BCUT2D eigenvalue weighted by Gasteiger charge is 2.24. The monoisotopic (exact) mass is 282 g/mol. The second kappa shape index (κ2) is 5.13. The van der Waals surface area contributed by atoms with Crippen molar-refractivity contribution in [1.82, 2.24) is 4.90 Å². The van der Waals surface area contributed by atoms with Crippen molar-refractivity contribution in [1.29, 1.82) is 0 Å². The average molecular weight is 282 g/mol. The molecule has 0 atom stereocenters. The van der Waals surface area contributed by atoms with Gasteiger partial charge >= 0.3 is 0 Å². The first-order valence-electron chi connectivity index (χ1n) is 6.88. The maximum absolute atomic E-state index is 12.6. The first-order valence-corrected chi connectivity index (χ1v) is 6.88. The smallest absolute Gasteiger partial charge is 0.254 e. The predicted molar refractivity (Wildman–Crippen MR) is 83.8 cm³/mol. The van der Waals surface area contributed by atoms with E-state index in [0.717, 1.165) is 22.4 Å². The van der Waals surface area contributed by atoms with Crippen molar-refractivity contribution in [3.05, 3.63) is 47.5 Å². The van der Waals surface area contributed by atoms with E-state index in [1.807, 2.05) is 38.4 Å². The minimum absolute atomic E-state index is 0.0195. The lowest BCUT2D eigenvalue weighted by molar-refractivity contribution is 0.0788. The van der Waals surface area contributed by atoms with Crippen LogP contribution in [0.5, 0.6) is 5.75 Å². The number of rotatable bonds is 2. The molecule has 0 unspecified atom stereocenters. The fourth-order valence-electron chi connectivity index (χ4n) is 2.74. The van der Waals surface area contributed by atoms with E-state index in [4.69, 9.17) is 4.74 Å². The zero-order chi connectivity index (χ0) is 15.0. The van der Waals surface area contributed by atoms with E-state index in [-0.39, 0.29) is 5.91 Å². The second-order valence-corrected chi connectivity index (χ2v) is 5.19. The van der Waals surface area contributed by atoms with Crippen molar-refractivity contribution < 1.29 is 9.53 Å². The van der Waals surface area contributed by atoms with E-state index < -0.39 is 0 Å². The number of carbonyl (C=O) groups excluding carboxylic acids is 1. The van der Waals surface area contributed by atoms with Gasteiger partial charge in [-0.2, -0.15) is 0 Å². The summed E-state index contributed by atoms with van der Waals surface area (Å²) in [5, 5.41) is 3.14. The largest absolute Gasteiger partial charge is 0.497 e. The number of amides is 1. The number of carbonyl (C=O) groups is 1. The summed E-state index contributed by atoms with van der Waals surface area (Å²) in [5.41, 5.74) is 4.94. The summed E-state index contributed by atoms with van der Waals surface area (Å²) in [6.45, 7) is 0.598. The topological polar surface area (TPSA) is 41.6 Å². The Morgan fingerprint density at radius 3 is 2.57 bits per heavy atom. The van der Waals surface area contributed by atoms with Gasteiger partial charge in [-0.1, -0.05) is 6.07 Å². The van der Waals surface area contributed by atoms with Crippen LogP contribution >= 0.6 is 0 Å². The second-order valence-electron chi connectivity index (χ2n) is 5.19. The Balaban J connectivity index is 2.24. The number of benzene rings is 2. The lowest BCUT2D eigenvalue weighted by Gasteiger charge is -2.15. The van der Waals surface area contributed by atoms with Crippen LogP contribution in [-0.4, -0.2) is 32.0 Å². The SMILES string of the molecule is CNc1ccc2c(c1)CN(C)C(=O)c1cc(OC)ccc1-2. The van der Waals surface area contributed by atoms with Crippen molar-refractivity contribution >= 4 is 11.6 Å². The maximum Gasteiger partial charge on any atom is 0.254 e. The van der Waals surface area contributed by atoms with Crippen LogP contribution in [0.1, 0.15) is 15.9 Å². The van der Waals surface area contributed by atoms with Crippen molar-refractivity contribution in [3.63, 3.8) is 0 Å². The third kappa shape index (κ3) is 2.23. The number of hydrogen-bond acceptors (Lipinski definition) is 3. The van der Waals surface area contributed by atoms with Crippen LogP contribution in [-0.2, 0) is 6.54 Å². The predicted octanol–water partition coefficient (Wildman–Crippen LogP) is 2.99. The lowest BCUT2D eigenvalue weighted by Crippen LogP contribution is -2.24. The van der Waals surface area contributed by atoms with Crippen LogP contribution in [0.15, 0.2) is 36.4 Å². The fraction of sp³-hybridized carbons (Fsp3) is 0.235. The molecule has 21 heavy (non-hydrogen) atoms. The molecule has 0 saturated carbocycles. The first kappa shape index (κ1) is 13.5. The molecule has 1 N–H and O–H groups in total. The zero-order valence-corrected chi connectivity index (χ0v) is 12.4. The highest BCUT2D eigenvalue weighted by atomic mass is 16.5. The lowest BCUT2D eigenvalue weighted by atomic mass is 9.96. The number of ether oxygens (including phenoxy) is 1. The molecule has 2 aromatic carbocycles. The Morgan fingerprint density at radius 2 is 1.86 bits per heavy atom. The molecule has 3 rings (SSSR count). The summed E-state index contributed by atoms with van der Waals surface area (Å²) in [4.78, 5) is 14.3. The molecule has 0 bridgehead atoms. The van der Waals surface area contributed by atoms with E-state index in [1.165, 1.54) is 0 Å². The van der Waals surface area contributed by atoms with E-state index in [0.29, 0.717) is 17.9 Å². The third-order valence-electron chi connectivity index (χ3n) is 3.90. The van der Waals surface area contributed by atoms with Crippen LogP contribution in [0.25, 0.3) is 11.1 Å². The highest BCUT2D eigenvalue weighted by molar-refractivity contribution is 6.02. The molecule has 1 amide bonds. The van der Waals surface area contributed by atoms with Crippen LogP contribution < -0.4 is 10.1 Å². The molecule has 0 aliphatic carbocycles. The summed E-state index contributed by atoms with van der Waals surface area (Å²) in [5.74, 6) is 0.719. The summed E-state index contributed by atoms with van der Waals surface area (Å²) < 4.78 is 5.25. The van der Waals surface area contributed by atoms with Crippen LogP contribution in [0.2, 0.25) is 0 Å². The molecule has 1 heterocycles. The van der Waals surface area contributed by atoms with E-state index in [2.05, 4.69) is 17.4 Å². The number of fused-ring (bicyclic) bond motifs is 3. The molecule has 0 saturated heterocycles. The molecular weight excluding hydrogens is 264 g/mol. The van der Waals surface area contributed by atoms with Gasteiger partial charge in [-0.15, -0.1) is 0 Å². The van der Waals surface area contributed by atoms with E-state index in [9.17, 15) is 4.79 Å². The minimum Gasteiger partial charge on any atom is -0.497 e. The maximum atomic E-state index is 12.6. The van der Waals surface area contributed by atoms with Gasteiger partial charge in [0.05, 0.1) is 12.7 Å². The first-order chi connectivity index (χ1) is 10.1. The number of anilines is 1. The van der Waals surface area contributed by atoms with Crippen LogP contribution in [0.3, 0.4) is 0 Å². The van der Waals surface area contributed by atoms with Crippen molar-refractivity contribution in [2.75, 3.05) is 26.5 Å². The Labute approximate surface area is 124 Å². The van der Waals surface area contributed by atoms with Gasteiger partial charge in [-0.25, -0.2) is 0 Å². The molecule has 0 spiro atoms. The number of nitrogens with zero attached hydrogens (tertiary/aromatic N) is 1. The van der Waals surface area contributed by atoms with Crippen LogP contribution in [0.4, 0.5) is 5.69 Å². The quantitative estimate of drug-likeness (QED) is 0.920. The van der Waals surface area contributed by atoms with Gasteiger partial charge < -0.3 is 15.0 Å². The molecule has 0 radical (unpaired) electrons. The molecule has 4 heteroatoms. The molecule has 108 valence electrons. The molecule has 0 fully saturated rings. The molecule has 1 aliphatic rings. The van der Waals surface area contributed by atoms with Gasteiger partial charge in [0.25, 0.3) is 5.91 Å². The Bertz CT molecular complexity index is 710. The van der Waals surface area contributed by atoms with Crippen LogP contribution in [0, 0.1) is 0 Å². The van der Waals surface area contributed by atoms with Gasteiger partial charge in [-0.3, -0.25) is 4.79 Å². The Hall–Kier alpha value is -2.49. The summed E-state index contributed by atoms with van der Waals surface area (Å²) in [6.07, 6.45) is 0. The standard InChI is InChI=1S/C17H18N2O2/c1-18-12-4-6-14-11(8-12)10-19(2)17(20)16-9-13(21-3)5-7-15(14)16/h4-9,18H,10H2,1-3H3. The van der Waals surface area contributed by atoms with Gasteiger partial charge in [-0.05, 0) is 47.0 Å². The van der Waals surface area contributed by atoms with Gasteiger partial charge in [0.1, 0.15) is 5.75 Å². The Kier molecular flexibility index (Phi) is 3.29. The van der Waals surface area contributed by atoms with Crippen molar-refractivity contribution in [3.8, 4) is 16.9 Å². The van der Waals surface area contributed by atoms with Crippen molar-refractivity contribution in [2.45, 2.75) is 6.54 Å².